The molecule has 0 bridgehead atoms. The average Bonchev–Trinajstić information content (AvgIpc) is 2.53. The second-order valence-corrected chi connectivity index (χ2v) is 4.86. The van der Waals surface area contributed by atoms with Gasteiger partial charge in [-0.05, 0) is 48.2 Å². The van der Waals surface area contributed by atoms with Crippen molar-refractivity contribution in [3.8, 4) is 0 Å². The highest BCUT2D eigenvalue weighted by molar-refractivity contribution is 5.93. The first kappa shape index (κ1) is 15.7. The third-order valence-corrected chi connectivity index (χ3v) is 3.55. The summed E-state index contributed by atoms with van der Waals surface area (Å²) in [5.41, 5.74) is 10.1. The largest absolute Gasteiger partial charge is 0.478 e. The monoisotopic (exact) mass is 297 g/mol. The number of hydrogen-bond donors (Lipinski definition) is 2. The maximum atomic E-state index is 11.2. The molecular weight excluding hydrogens is 278 g/mol. The van der Waals surface area contributed by atoms with Gasteiger partial charge in [-0.3, -0.25) is 0 Å². The molecule has 0 radical (unpaired) electrons. The minimum Gasteiger partial charge on any atom is -0.478 e. The maximum Gasteiger partial charge on any atom is 0.337 e. The fourth-order valence-electron chi connectivity index (χ4n) is 2.45. The number of nitrogens with zero attached hydrogens (tertiary/aromatic N) is 2. The first-order chi connectivity index (χ1) is 10.6. The van der Waals surface area contributed by atoms with Gasteiger partial charge in [0.15, 0.2) is 0 Å². The number of nitrogen functional groups attached to an aromatic ring is 1. The summed E-state index contributed by atoms with van der Waals surface area (Å²) in [4.78, 5) is 11.2. The van der Waals surface area contributed by atoms with Gasteiger partial charge in [-0.15, -0.1) is 5.11 Å². The van der Waals surface area contributed by atoms with Crippen LogP contribution in [0.3, 0.4) is 0 Å². The Hall–Kier alpha value is -2.69. The molecule has 0 saturated carbocycles. The summed E-state index contributed by atoms with van der Waals surface area (Å²) in [6, 6.07) is 10.2. The molecule has 0 aliphatic heterocycles. The second kappa shape index (κ2) is 6.85. The molecular formula is C17H19N3O2. The van der Waals surface area contributed by atoms with Gasteiger partial charge in [-0.25, -0.2) is 4.79 Å². The van der Waals surface area contributed by atoms with Crippen LogP contribution in [0.4, 0.5) is 17.1 Å². The predicted octanol–water partition coefficient (Wildman–Crippen LogP) is 4.51. The quantitative estimate of drug-likeness (QED) is 0.628. The lowest BCUT2D eigenvalue weighted by atomic mass is 9.99. The Morgan fingerprint density at radius 2 is 1.64 bits per heavy atom. The van der Waals surface area contributed by atoms with E-state index in [-0.39, 0.29) is 5.56 Å². The molecule has 0 atom stereocenters. The van der Waals surface area contributed by atoms with Crippen LogP contribution in [0.25, 0.3) is 0 Å². The van der Waals surface area contributed by atoms with E-state index in [2.05, 4.69) is 10.2 Å². The molecule has 0 unspecified atom stereocenters. The van der Waals surface area contributed by atoms with Gasteiger partial charge in [0.1, 0.15) is 5.69 Å². The molecule has 0 aliphatic carbocycles. The number of rotatable bonds is 5. The molecule has 22 heavy (non-hydrogen) atoms. The molecule has 5 heteroatoms. The SMILES string of the molecule is CCc1c(N)ccc(N=Nc2ccccc2C(=O)O)c1CC. The van der Waals surface area contributed by atoms with Gasteiger partial charge in [0.25, 0.3) is 0 Å². The van der Waals surface area contributed by atoms with Crippen LogP contribution in [0.2, 0.25) is 0 Å². The number of carboxylic acids is 1. The highest BCUT2D eigenvalue weighted by atomic mass is 16.4. The lowest BCUT2D eigenvalue weighted by molar-refractivity contribution is 0.0698. The molecule has 0 amide bonds. The summed E-state index contributed by atoms with van der Waals surface area (Å²) in [7, 11) is 0. The molecule has 3 N–H and O–H groups in total. The lowest BCUT2D eigenvalue weighted by Crippen LogP contribution is -1.98. The van der Waals surface area contributed by atoms with Crippen molar-refractivity contribution in [1.82, 2.24) is 0 Å². The number of nitrogens with two attached hydrogens (primary N) is 1. The molecule has 0 fully saturated rings. The number of aromatic carboxylic acids is 1. The zero-order chi connectivity index (χ0) is 16.1. The van der Waals surface area contributed by atoms with Crippen molar-refractivity contribution in [3.63, 3.8) is 0 Å². The highest BCUT2D eigenvalue weighted by Gasteiger charge is 2.10. The van der Waals surface area contributed by atoms with Crippen LogP contribution in [0, 0.1) is 0 Å². The smallest absolute Gasteiger partial charge is 0.337 e. The Morgan fingerprint density at radius 1 is 1.00 bits per heavy atom. The van der Waals surface area contributed by atoms with Crippen molar-refractivity contribution >= 4 is 23.0 Å². The van der Waals surface area contributed by atoms with Gasteiger partial charge in [0, 0.05) is 5.69 Å². The zero-order valence-corrected chi connectivity index (χ0v) is 12.7. The first-order valence-corrected chi connectivity index (χ1v) is 7.22. The molecule has 5 nitrogen and oxygen atoms in total. The van der Waals surface area contributed by atoms with E-state index in [4.69, 9.17) is 10.8 Å². The number of carbonyl (C=O) groups is 1. The molecule has 2 aromatic rings. The summed E-state index contributed by atoms with van der Waals surface area (Å²) < 4.78 is 0. The number of carboxylic acid groups (broad SMARTS) is 1. The molecule has 2 rings (SSSR count). The van der Waals surface area contributed by atoms with Crippen LogP contribution >= 0.6 is 0 Å². The number of azo groups is 1. The van der Waals surface area contributed by atoms with E-state index < -0.39 is 5.97 Å². The zero-order valence-electron chi connectivity index (χ0n) is 12.7. The van der Waals surface area contributed by atoms with Gasteiger partial charge >= 0.3 is 5.97 Å². The van der Waals surface area contributed by atoms with Gasteiger partial charge < -0.3 is 10.8 Å². The topological polar surface area (TPSA) is 88.0 Å². The van der Waals surface area contributed by atoms with Crippen LogP contribution in [-0.2, 0) is 12.8 Å². The second-order valence-electron chi connectivity index (χ2n) is 4.86. The standard InChI is InChI=1S/C17H19N3O2/c1-3-11-12(4-2)16(10-9-14(11)18)20-19-15-8-6-5-7-13(15)17(21)22/h5-10H,3-4,18H2,1-2H3,(H,21,22). The highest BCUT2D eigenvalue weighted by Crippen LogP contribution is 2.30. The van der Waals surface area contributed by atoms with E-state index in [0.717, 1.165) is 35.3 Å². The Bertz CT molecular complexity index is 724. The van der Waals surface area contributed by atoms with Gasteiger partial charge in [0.05, 0.1) is 11.3 Å². The van der Waals surface area contributed by atoms with Crippen LogP contribution in [0.15, 0.2) is 46.6 Å². The molecule has 0 heterocycles. The van der Waals surface area contributed by atoms with Crippen molar-refractivity contribution in [3.05, 3.63) is 53.1 Å². The molecule has 0 aliphatic rings. The predicted molar refractivity (Wildman–Crippen MR) is 87.2 cm³/mol. The summed E-state index contributed by atoms with van der Waals surface area (Å²) in [5, 5.41) is 17.5. The van der Waals surface area contributed by atoms with Crippen molar-refractivity contribution in [2.75, 3.05) is 5.73 Å². The van der Waals surface area contributed by atoms with E-state index in [1.807, 2.05) is 26.0 Å². The van der Waals surface area contributed by atoms with Gasteiger partial charge in [0.2, 0.25) is 0 Å². The number of benzene rings is 2. The molecule has 0 spiro atoms. The van der Waals surface area contributed by atoms with Crippen LogP contribution in [0.5, 0.6) is 0 Å². The van der Waals surface area contributed by atoms with E-state index >= 15 is 0 Å². The normalized spacial score (nSPS) is 11.0. The number of anilines is 1. The third kappa shape index (κ3) is 3.14. The van der Waals surface area contributed by atoms with Crippen molar-refractivity contribution in [1.29, 1.82) is 0 Å². The maximum absolute atomic E-state index is 11.2. The van der Waals surface area contributed by atoms with Crippen LogP contribution in [0.1, 0.15) is 35.3 Å². The van der Waals surface area contributed by atoms with Crippen molar-refractivity contribution < 1.29 is 9.90 Å². The summed E-state index contributed by atoms with van der Waals surface area (Å²) in [6.45, 7) is 4.09. The fourth-order valence-corrected chi connectivity index (χ4v) is 2.45. The van der Waals surface area contributed by atoms with Gasteiger partial charge in [-0.1, -0.05) is 26.0 Å². The molecule has 0 saturated heterocycles. The van der Waals surface area contributed by atoms with Crippen LogP contribution in [-0.4, -0.2) is 11.1 Å². The van der Waals surface area contributed by atoms with E-state index in [9.17, 15) is 4.79 Å². The Morgan fingerprint density at radius 3 is 2.27 bits per heavy atom. The van der Waals surface area contributed by atoms with E-state index in [1.165, 1.54) is 6.07 Å². The van der Waals surface area contributed by atoms with Crippen molar-refractivity contribution in [2.24, 2.45) is 10.2 Å². The minimum absolute atomic E-state index is 0.135. The van der Waals surface area contributed by atoms with Gasteiger partial charge in [-0.2, -0.15) is 5.11 Å². The minimum atomic E-state index is -1.02. The summed E-state index contributed by atoms with van der Waals surface area (Å²) in [6.07, 6.45) is 1.62. The Labute approximate surface area is 129 Å². The summed E-state index contributed by atoms with van der Waals surface area (Å²) >= 11 is 0. The third-order valence-electron chi connectivity index (χ3n) is 3.55. The van der Waals surface area contributed by atoms with Crippen molar-refractivity contribution in [2.45, 2.75) is 26.7 Å². The Kier molecular flexibility index (Phi) is 4.88. The van der Waals surface area contributed by atoms with Crippen LogP contribution < -0.4 is 5.73 Å². The molecule has 114 valence electrons. The van der Waals surface area contributed by atoms with E-state index in [0.29, 0.717) is 5.69 Å². The fraction of sp³-hybridized carbons (Fsp3) is 0.235. The first-order valence-electron chi connectivity index (χ1n) is 7.22. The lowest BCUT2D eigenvalue weighted by Gasteiger charge is -2.11. The summed E-state index contributed by atoms with van der Waals surface area (Å²) in [5.74, 6) is -1.02. The number of hydrogen-bond acceptors (Lipinski definition) is 4. The molecule has 0 aromatic heterocycles. The average molecular weight is 297 g/mol. The van der Waals surface area contributed by atoms with E-state index in [1.54, 1.807) is 18.2 Å². The Balaban J connectivity index is 2.45. The molecule has 2 aromatic carbocycles.